The number of carbonyl (C=O) groups is 2. The topological polar surface area (TPSA) is 66.1 Å². The predicted octanol–water partition coefficient (Wildman–Crippen LogP) is 2.91. The average molecular weight is 303 g/mol. The third-order valence-electron chi connectivity index (χ3n) is 3.90. The second-order valence-electron chi connectivity index (χ2n) is 5.36. The summed E-state index contributed by atoms with van der Waals surface area (Å²) in [6, 6.07) is 12.8. The van der Waals surface area contributed by atoms with Crippen LogP contribution >= 0.6 is 0 Å². The Morgan fingerprint density at radius 3 is 2.74 bits per heavy atom. The van der Waals surface area contributed by atoms with Gasteiger partial charge in [-0.3, -0.25) is 9.59 Å². The lowest BCUT2D eigenvalue weighted by molar-refractivity contribution is -0.120. The number of amides is 2. The van der Waals surface area contributed by atoms with Crippen molar-refractivity contribution in [2.75, 3.05) is 4.90 Å². The fraction of sp³-hybridized carbons (Fsp3) is 0.0556. The van der Waals surface area contributed by atoms with Crippen molar-refractivity contribution in [2.24, 2.45) is 0 Å². The molecule has 0 spiro atoms. The van der Waals surface area contributed by atoms with E-state index in [0.29, 0.717) is 11.3 Å². The molecule has 2 amide bonds. The maximum Gasteiger partial charge on any atom is 0.261 e. The molecule has 112 valence electrons. The molecule has 0 aliphatic carbocycles. The van der Waals surface area contributed by atoms with Crippen molar-refractivity contribution in [1.82, 2.24) is 9.97 Å². The van der Waals surface area contributed by atoms with Crippen LogP contribution in [0.1, 0.15) is 12.0 Å². The Morgan fingerprint density at radius 1 is 1.09 bits per heavy atom. The van der Waals surface area contributed by atoms with E-state index in [9.17, 15) is 9.59 Å². The van der Waals surface area contributed by atoms with Crippen molar-refractivity contribution < 1.29 is 9.59 Å². The van der Waals surface area contributed by atoms with Crippen LogP contribution in [0, 0.1) is 0 Å². The molecule has 0 bridgehead atoms. The minimum atomic E-state index is -0.264. The lowest BCUT2D eigenvalue weighted by Gasteiger charge is -2.12. The summed E-state index contributed by atoms with van der Waals surface area (Å²) in [6.07, 6.45) is 5.38. The standard InChI is InChI=1S/C18H13N3O2/c22-16-10-12(18(23)21(16)14-5-2-1-3-6-14)9-13-11-20-17-15(13)7-4-8-19-17/h1-9,11H,10H2,(H,19,20)/b12-9-. The van der Waals surface area contributed by atoms with Gasteiger partial charge >= 0.3 is 0 Å². The highest BCUT2D eigenvalue weighted by Crippen LogP contribution is 2.28. The van der Waals surface area contributed by atoms with Gasteiger partial charge < -0.3 is 4.98 Å². The van der Waals surface area contributed by atoms with Crippen LogP contribution in [0.2, 0.25) is 0 Å². The van der Waals surface area contributed by atoms with E-state index in [4.69, 9.17) is 0 Å². The van der Waals surface area contributed by atoms with Gasteiger partial charge in [-0.15, -0.1) is 0 Å². The Bertz CT molecular complexity index is 941. The zero-order valence-corrected chi connectivity index (χ0v) is 12.2. The zero-order valence-electron chi connectivity index (χ0n) is 12.2. The van der Waals surface area contributed by atoms with E-state index in [2.05, 4.69) is 9.97 Å². The Balaban J connectivity index is 1.73. The van der Waals surface area contributed by atoms with Gasteiger partial charge in [0, 0.05) is 28.9 Å². The van der Waals surface area contributed by atoms with E-state index in [-0.39, 0.29) is 18.2 Å². The van der Waals surface area contributed by atoms with Crippen molar-refractivity contribution in [2.45, 2.75) is 6.42 Å². The average Bonchev–Trinajstić information content (AvgIpc) is 3.10. The van der Waals surface area contributed by atoms with Crippen molar-refractivity contribution >= 4 is 34.6 Å². The minimum absolute atomic E-state index is 0.112. The molecule has 1 N–H and O–H groups in total. The van der Waals surface area contributed by atoms with E-state index in [1.807, 2.05) is 30.3 Å². The van der Waals surface area contributed by atoms with Gasteiger partial charge in [0.2, 0.25) is 5.91 Å². The van der Waals surface area contributed by atoms with Gasteiger partial charge in [-0.05, 0) is 30.3 Å². The third kappa shape index (κ3) is 2.23. The highest BCUT2D eigenvalue weighted by molar-refractivity contribution is 6.29. The van der Waals surface area contributed by atoms with E-state index in [0.717, 1.165) is 16.6 Å². The summed E-state index contributed by atoms with van der Waals surface area (Å²) in [4.78, 5) is 33.3. The van der Waals surface area contributed by atoms with Gasteiger partial charge in [0.05, 0.1) is 12.1 Å². The molecule has 5 heteroatoms. The number of para-hydroxylation sites is 1. The zero-order chi connectivity index (χ0) is 15.8. The summed E-state index contributed by atoms with van der Waals surface area (Å²) in [6.45, 7) is 0. The number of hydrogen-bond donors (Lipinski definition) is 1. The molecule has 1 aromatic carbocycles. The molecule has 1 aliphatic rings. The van der Waals surface area contributed by atoms with Gasteiger partial charge in [0.1, 0.15) is 5.65 Å². The number of carbonyl (C=O) groups excluding carboxylic acids is 2. The molecule has 0 radical (unpaired) electrons. The van der Waals surface area contributed by atoms with Crippen LogP contribution in [0.25, 0.3) is 17.1 Å². The Hall–Kier alpha value is -3.21. The van der Waals surface area contributed by atoms with Crippen molar-refractivity contribution in [3.8, 4) is 0 Å². The molecule has 3 heterocycles. The first-order valence-corrected chi connectivity index (χ1v) is 7.29. The number of nitrogens with one attached hydrogen (secondary N) is 1. The van der Waals surface area contributed by atoms with Gasteiger partial charge in [-0.25, -0.2) is 9.88 Å². The lowest BCUT2D eigenvalue weighted by Crippen LogP contribution is -2.28. The van der Waals surface area contributed by atoms with Crippen LogP contribution in [0.5, 0.6) is 0 Å². The molecule has 0 atom stereocenters. The van der Waals surface area contributed by atoms with Crippen LogP contribution in [0.4, 0.5) is 5.69 Å². The largest absolute Gasteiger partial charge is 0.346 e. The summed E-state index contributed by atoms with van der Waals surface area (Å²) >= 11 is 0. The monoisotopic (exact) mass is 303 g/mol. The van der Waals surface area contributed by atoms with Gasteiger partial charge in [0.25, 0.3) is 5.91 Å². The highest BCUT2D eigenvalue weighted by Gasteiger charge is 2.34. The molecule has 0 saturated carbocycles. The number of benzene rings is 1. The second-order valence-corrected chi connectivity index (χ2v) is 5.36. The molecule has 4 rings (SSSR count). The number of anilines is 1. The third-order valence-corrected chi connectivity index (χ3v) is 3.90. The van der Waals surface area contributed by atoms with Crippen molar-refractivity contribution in [1.29, 1.82) is 0 Å². The molecule has 23 heavy (non-hydrogen) atoms. The predicted molar refractivity (Wildman–Crippen MR) is 87.6 cm³/mol. The fourth-order valence-corrected chi connectivity index (χ4v) is 2.81. The summed E-state index contributed by atoms with van der Waals surface area (Å²) in [5, 5.41) is 0.929. The van der Waals surface area contributed by atoms with E-state index < -0.39 is 0 Å². The number of fused-ring (bicyclic) bond motifs is 1. The Kier molecular flexibility index (Phi) is 3.05. The molecule has 5 nitrogen and oxygen atoms in total. The van der Waals surface area contributed by atoms with E-state index in [1.54, 1.807) is 30.6 Å². The van der Waals surface area contributed by atoms with Crippen LogP contribution in [-0.2, 0) is 9.59 Å². The number of imide groups is 1. The molecular formula is C18H13N3O2. The lowest BCUT2D eigenvalue weighted by atomic mass is 10.1. The number of hydrogen-bond acceptors (Lipinski definition) is 3. The molecule has 1 aliphatic heterocycles. The van der Waals surface area contributed by atoms with Crippen LogP contribution in [-0.4, -0.2) is 21.8 Å². The fourth-order valence-electron chi connectivity index (χ4n) is 2.81. The van der Waals surface area contributed by atoms with E-state index >= 15 is 0 Å². The number of rotatable bonds is 2. The summed E-state index contributed by atoms with van der Waals surface area (Å²) in [7, 11) is 0. The van der Waals surface area contributed by atoms with Crippen molar-refractivity contribution in [3.05, 3.63) is 66.0 Å². The molecule has 1 fully saturated rings. The first-order chi connectivity index (χ1) is 11.2. The molecular weight excluding hydrogens is 290 g/mol. The quantitative estimate of drug-likeness (QED) is 0.585. The Labute approximate surface area is 132 Å². The van der Waals surface area contributed by atoms with Gasteiger partial charge in [-0.1, -0.05) is 18.2 Å². The first-order valence-electron chi connectivity index (χ1n) is 7.29. The number of aromatic nitrogens is 2. The van der Waals surface area contributed by atoms with Crippen LogP contribution < -0.4 is 4.90 Å². The summed E-state index contributed by atoms with van der Waals surface area (Å²) < 4.78 is 0. The summed E-state index contributed by atoms with van der Waals surface area (Å²) in [5.74, 6) is -0.468. The maximum atomic E-state index is 12.6. The first kappa shape index (κ1) is 13.5. The van der Waals surface area contributed by atoms with Crippen LogP contribution in [0.3, 0.4) is 0 Å². The molecule has 3 aromatic rings. The maximum absolute atomic E-state index is 12.6. The number of nitrogens with zero attached hydrogens (tertiary/aromatic N) is 2. The number of aromatic amines is 1. The van der Waals surface area contributed by atoms with Gasteiger partial charge in [-0.2, -0.15) is 0 Å². The van der Waals surface area contributed by atoms with Crippen molar-refractivity contribution in [3.63, 3.8) is 0 Å². The molecule has 2 aromatic heterocycles. The SMILES string of the molecule is O=C1C/C(=C/c2c[nH]c3ncccc23)C(=O)N1c1ccccc1. The van der Waals surface area contributed by atoms with Crippen LogP contribution in [0.15, 0.2) is 60.4 Å². The molecule has 1 saturated heterocycles. The summed E-state index contributed by atoms with van der Waals surface area (Å²) in [5.41, 5.74) is 2.71. The number of pyridine rings is 1. The second kappa shape index (κ2) is 5.21. The smallest absolute Gasteiger partial charge is 0.261 e. The minimum Gasteiger partial charge on any atom is -0.346 e. The highest BCUT2D eigenvalue weighted by atomic mass is 16.2. The normalized spacial score (nSPS) is 16.7. The number of H-pyrrole nitrogens is 1. The van der Waals surface area contributed by atoms with Gasteiger partial charge in [0.15, 0.2) is 0 Å². The van der Waals surface area contributed by atoms with E-state index in [1.165, 1.54) is 4.90 Å². The molecule has 0 unspecified atom stereocenters. The Morgan fingerprint density at radius 2 is 1.91 bits per heavy atom.